The Morgan fingerprint density at radius 2 is 2.42 bits per heavy atom. The van der Waals surface area contributed by atoms with Crippen molar-refractivity contribution in [2.24, 2.45) is 5.73 Å². The molecule has 0 aliphatic heterocycles. The number of hydrogen-bond acceptors (Lipinski definition) is 4. The number of aromatic nitrogens is 2. The highest BCUT2D eigenvalue weighted by molar-refractivity contribution is 9.11. The summed E-state index contributed by atoms with van der Waals surface area (Å²) in [6.45, 7) is 0.394. The van der Waals surface area contributed by atoms with Crippen molar-refractivity contribution in [2.75, 3.05) is 0 Å². The third kappa shape index (κ3) is 1.35. The zero-order valence-electron chi connectivity index (χ0n) is 6.12. The van der Waals surface area contributed by atoms with Crippen LogP contribution in [0.4, 0.5) is 0 Å². The first kappa shape index (κ1) is 8.10. The van der Waals surface area contributed by atoms with Gasteiger partial charge in [0, 0.05) is 11.6 Å². The summed E-state index contributed by atoms with van der Waals surface area (Å²) in [5.41, 5.74) is 5.42. The van der Waals surface area contributed by atoms with E-state index in [0.29, 0.717) is 12.4 Å². The largest absolute Gasteiger partial charge is 0.324 e. The summed E-state index contributed by atoms with van der Waals surface area (Å²) < 4.78 is 1.07. The van der Waals surface area contributed by atoms with Crippen molar-refractivity contribution in [3.8, 4) is 0 Å². The Labute approximate surface area is 81.8 Å². The Hall–Kier alpha value is -0.520. The first-order chi connectivity index (χ1) is 5.79. The predicted molar refractivity (Wildman–Crippen MR) is 53.0 cm³/mol. The van der Waals surface area contributed by atoms with E-state index in [1.165, 1.54) is 0 Å². The van der Waals surface area contributed by atoms with Crippen LogP contribution in [-0.2, 0) is 6.54 Å². The van der Waals surface area contributed by atoms with Crippen LogP contribution in [0, 0.1) is 0 Å². The van der Waals surface area contributed by atoms with Crippen molar-refractivity contribution in [2.45, 2.75) is 6.54 Å². The van der Waals surface area contributed by atoms with Crippen LogP contribution in [-0.4, -0.2) is 9.97 Å². The lowest BCUT2D eigenvalue weighted by Gasteiger charge is -1.92. The first-order valence-corrected chi connectivity index (χ1v) is 5.01. The second-order valence-corrected chi connectivity index (χ2v) is 4.71. The van der Waals surface area contributed by atoms with E-state index in [-0.39, 0.29) is 0 Å². The molecule has 0 spiro atoms. The maximum Gasteiger partial charge on any atom is 0.143 e. The number of halogens is 1. The second kappa shape index (κ2) is 3.08. The molecule has 62 valence electrons. The van der Waals surface area contributed by atoms with Crippen molar-refractivity contribution in [3.63, 3.8) is 0 Å². The number of nitrogens with two attached hydrogens (primary N) is 1. The molecule has 0 saturated carbocycles. The summed E-state index contributed by atoms with van der Waals surface area (Å²) in [6, 6.07) is 2.00. The van der Waals surface area contributed by atoms with Crippen LogP contribution in [0.25, 0.3) is 10.2 Å². The van der Waals surface area contributed by atoms with Crippen LogP contribution in [0.5, 0.6) is 0 Å². The van der Waals surface area contributed by atoms with E-state index in [1.54, 1.807) is 17.5 Å². The molecule has 5 heteroatoms. The van der Waals surface area contributed by atoms with Gasteiger partial charge in [-0.05, 0) is 22.0 Å². The summed E-state index contributed by atoms with van der Waals surface area (Å²) in [6.07, 6.45) is 1.80. The van der Waals surface area contributed by atoms with Gasteiger partial charge >= 0.3 is 0 Å². The second-order valence-electron chi connectivity index (χ2n) is 2.30. The topological polar surface area (TPSA) is 51.8 Å². The highest BCUT2D eigenvalue weighted by atomic mass is 79.9. The lowest BCUT2D eigenvalue weighted by atomic mass is 10.4. The molecule has 0 amide bonds. The van der Waals surface area contributed by atoms with Gasteiger partial charge in [0.25, 0.3) is 0 Å². The number of rotatable bonds is 1. The third-order valence-electron chi connectivity index (χ3n) is 1.48. The molecule has 0 fully saturated rings. The van der Waals surface area contributed by atoms with Crippen LogP contribution in [0.15, 0.2) is 16.0 Å². The normalized spacial score (nSPS) is 10.8. The Kier molecular flexibility index (Phi) is 2.08. The van der Waals surface area contributed by atoms with Gasteiger partial charge in [-0.15, -0.1) is 11.3 Å². The van der Waals surface area contributed by atoms with E-state index in [0.717, 1.165) is 14.0 Å². The predicted octanol–water partition coefficient (Wildman–Crippen LogP) is 1.91. The van der Waals surface area contributed by atoms with Gasteiger partial charge in [0.1, 0.15) is 10.7 Å². The molecule has 0 aliphatic carbocycles. The minimum atomic E-state index is 0.394. The maximum atomic E-state index is 5.42. The van der Waals surface area contributed by atoms with Gasteiger partial charge < -0.3 is 5.73 Å². The zero-order valence-corrected chi connectivity index (χ0v) is 8.52. The van der Waals surface area contributed by atoms with E-state index in [4.69, 9.17) is 5.73 Å². The average Bonchev–Trinajstić information content (AvgIpc) is 2.43. The van der Waals surface area contributed by atoms with Crippen molar-refractivity contribution in [1.29, 1.82) is 0 Å². The highest BCUT2D eigenvalue weighted by Gasteiger charge is 2.01. The van der Waals surface area contributed by atoms with Crippen molar-refractivity contribution >= 4 is 37.5 Å². The fourth-order valence-corrected chi connectivity index (χ4v) is 2.39. The molecule has 3 nitrogen and oxygen atoms in total. The Morgan fingerprint density at radius 1 is 1.58 bits per heavy atom. The Balaban J connectivity index is 2.66. The van der Waals surface area contributed by atoms with Gasteiger partial charge in [0.15, 0.2) is 0 Å². The van der Waals surface area contributed by atoms with Crippen molar-refractivity contribution in [3.05, 3.63) is 21.9 Å². The van der Waals surface area contributed by atoms with Crippen LogP contribution < -0.4 is 5.73 Å². The van der Waals surface area contributed by atoms with Gasteiger partial charge in [-0.3, -0.25) is 0 Å². The molecule has 2 aromatic rings. The fourth-order valence-electron chi connectivity index (χ4n) is 0.933. The molecular weight excluding hydrogens is 238 g/mol. The van der Waals surface area contributed by atoms with Gasteiger partial charge in [-0.25, -0.2) is 9.97 Å². The molecular formula is C7H6BrN3S. The summed E-state index contributed by atoms with van der Waals surface area (Å²) >= 11 is 4.98. The van der Waals surface area contributed by atoms with Crippen LogP contribution in [0.3, 0.4) is 0 Å². The summed E-state index contributed by atoms with van der Waals surface area (Å²) in [7, 11) is 0. The monoisotopic (exact) mass is 243 g/mol. The molecule has 0 unspecified atom stereocenters. The molecule has 0 atom stereocenters. The molecule has 2 heterocycles. The Morgan fingerprint density at radius 3 is 3.17 bits per heavy atom. The number of thiophene rings is 1. The van der Waals surface area contributed by atoms with Crippen LogP contribution in [0.1, 0.15) is 5.82 Å². The molecule has 0 bridgehead atoms. The summed E-state index contributed by atoms with van der Waals surface area (Å²) in [4.78, 5) is 9.34. The van der Waals surface area contributed by atoms with Crippen molar-refractivity contribution < 1.29 is 0 Å². The summed E-state index contributed by atoms with van der Waals surface area (Å²) in [5.74, 6) is 0.692. The molecule has 12 heavy (non-hydrogen) atoms. The number of fused-ring (bicyclic) bond motifs is 1. The lowest BCUT2D eigenvalue weighted by molar-refractivity contribution is 0.929. The van der Waals surface area contributed by atoms with Gasteiger partial charge in [-0.2, -0.15) is 0 Å². The van der Waals surface area contributed by atoms with E-state index in [2.05, 4.69) is 25.9 Å². The van der Waals surface area contributed by atoms with E-state index in [1.807, 2.05) is 6.07 Å². The standard InChI is InChI=1S/C7H6BrN3S/c8-5-1-4-3-10-6(2-9)11-7(4)12-5/h1,3H,2,9H2. The summed E-state index contributed by atoms with van der Waals surface area (Å²) in [5, 5.41) is 1.06. The van der Waals surface area contributed by atoms with E-state index >= 15 is 0 Å². The SMILES string of the molecule is NCc1ncc2cc(Br)sc2n1. The molecule has 0 radical (unpaired) electrons. The number of nitrogens with zero attached hydrogens (tertiary/aromatic N) is 2. The average molecular weight is 244 g/mol. The molecule has 2 N–H and O–H groups in total. The van der Waals surface area contributed by atoms with Gasteiger partial charge in [0.05, 0.1) is 10.3 Å². The molecule has 2 aromatic heterocycles. The van der Waals surface area contributed by atoms with Gasteiger partial charge in [0.2, 0.25) is 0 Å². The third-order valence-corrected chi connectivity index (χ3v) is 3.02. The molecule has 0 saturated heterocycles. The van der Waals surface area contributed by atoms with E-state index in [9.17, 15) is 0 Å². The zero-order chi connectivity index (χ0) is 8.55. The van der Waals surface area contributed by atoms with Crippen LogP contribution >= 0.6 is 27.3 Å². The molecule has 0 aliphatic rings. The highest BCUT2D eigenvalue weighted by Crippen LogP contribution is 2.27. The molecule has 0 aromatic carbocycles. The van der Waals surface area contributed by atoms with Crippen LogP contribution in [0.2, 0.25) is 0 Å². The smallest absolute Gasteiger partial charge is 0.143 e. The minimum absolute atomic E-state index is 0.394. The van der Waals surface area contributed by atoms with E-state index < -0.39 is 0 Å². The Bertz CT molecular complexity index is 412. The minimum Gasteiger partial charge on any atom is -0.324 e. The quantitative estimate of drug-likeness (QED) is 0.833. The maximum absolute atomic E-state index is 5.42. The van der Waals surface area contributed by atoms with Crippen molar-refractivity contribution in [1.82, 2.24) is 9.97 Å². The van der Waals surface area contributed by atoms with Gasteiger partial charge in [-0.1, -0.05) is 0 Å². The first-order valence-electron chi connectivity index (χ1n) is 3.40. The fraction of sp³-hybridized carbons (Fsp3) is 0.143. The number of hydrogen-bond donors (Lipinski definition) is 1. The molecule has 2 rings (SSSR count). The lowest BCUT2D eigenvalue weighted by Crippen LogP contribution is -2.01.